The first-order chi connectivity index (χ1) is 5.86. The quantitative estimate of drug-likeness (QED) is 0.674. The van der Waals surface area contributed by atoms with Crippen LogP contribution in [0.5, 0.6) is 5.75 Å². The molecule has 0 radical (unpaired) electrons. The number of hydrogen-bond donors (Lipinski definition) is 0. The highest BCUT2D eigenvalue weighted by Gasteiger charge is 1.91. The van der Waals surface area contributed by atoms with Crippen molar-refractivity contribution in [1.29, 1.82) is 0 Å². The minimum Gasteiger partial charge on any atom is -0.294 e. The van der Waals surface area contributed by atoms with Gasteiger partial charge >= 0.3 is 0 Å². The molecule has 0 aliphatic rings. The third-order valence-electron chi connectivity index (χ3n) is 1.42. The summed E-state index contributed by atoms with van der Waals surface area (Å²) in [5.74, 6) is 0.261. The van der Waals surface area contributed by atoms with E-state index >= 15 is 0 Å². The lowest BCUT2D eigenvalue weighted by molar-refractivity contribution is -0.00621. The second-order valence-corrected chi connectivity index (χ2v) is 2.07. The van der Waals surface area contributed by atoms with Crippen LogP contribution in [0.2, 0.25) is 0 Å². The van der Waals surface area contributed by atoms with Crippen LogP contribution < -0.4 is 4.94 Å². The molecule has 0 saturated carbocycles. The molecule has 1 nitrogen and oxygen atoms in total. The predicted octanol–water partition coefficient (Wildman–Crippen LogP) is 3.35. The molecule has 0 heterocycles. The van der Waals surface area contributed by atoms with E-state index in [4.69, 9.17) is 9.15 Å². The van der Waals surface area contributed by atoms with E-state index in [9.17, 15) is 4.53 Å². The van der Waals surface area contributed by atoms with Crippen molar-refractivity contribution in [2.24, 2.45) is 0 Å². The molecule has 68 valence electrons. The van der Waals surface area contributed by atoms with E-state index in [0.29, 0.717) is 0 Å². The highest BCUT2D eigenvalue weighted by Crippen LogP contribution is 2.12. The highest BCUT2D eigenvalue weighted by molar-refractivity contribution is 5.26. The smallest absolute Gasteiger partial charge is 0.171 e. The van der Waals surface area contributed by atoms with Crippen molar-refractivity contribution >= 4 is 0 Å². The summed E-state index contributed by atoms with van der Waals surface area (Å²) in [6, 6.07) is 6.90. The SMILES string of the molecule is CCc1ccc(OF)cc1.FF. The zero-order chi connectivity index (χ0) is 9.40. The number of rotatable bonds is 2. The van der Waals surface area contributed by atoms with E-state index in [0.717, 1.165) is 6.42 Å². The zero-order valence-corrected chi connectivity index (χ0v) is 6.56. The third-order valence-corrected chi connectivity index (χ3v) is 1.42. The Balaban J connectivity index is 0.000000561. The average Bonchev–Trinajstić information content (AvgIpc) is 2.21. The molecule has 0 aliphatic carbocycles. The number of halogens is 3. The van der Waals surface area contributed by atoms with Crippen molar-refractivity contribution in [3.05, 3.63) is 29.8 Å². The minimum atomic E-state index is 0.261. The molecule has 0 bridgehead atoms. The van der Waals surface area contributed by atoms with Gasteiger partial charge in [0.1, 0.15) is 0 Å². The van der Waals surface area contributed by atoms with E-state index in [1.807, 2.05) is 19.1 Å². The van der Waals surface area contributed by atoms with Gasteiger partial charge in [0.25, 0.3) is 0 Å². The summed E-state index contributed by atoms with van der Waals surface area (Å²) in [5.41, 5.74) is 1.18. The standard InChI is InChI=1S/C8H9FO.F2/c1-2-7-3-5-8(10-9)6-4-7;1-2/h3-6H,2H2,1H3;. The van der Waals surface area contributed by atoms with Crippen molar-refractivity contribution in [2.45, 2.75) is 13.3 Å². The molecule has 0 N–H and O–H groups in total. The fourth-order valence-electron chi connectivity index (χ4n) is 0.777. The largest absolute Gasteiger partial charge is 0.294 e. The van der Waals surface area contributed by atoms with Crippen LogP contribution in [0.15, 0.2) is 24.3 Å². The molecule has 0 fully saturated rings. The zero-order valence-electron chi connectivity index (χ0n) is 6.56. The van der Waals surface area contributed by atoms with E-state index in [2.05, 4.69) is 4.94 Å². The van der Waals surface area contributed by atoms with Crippen molar-refractivity contribution in [2.75, 3.05) is 0 Å². The van der Waals surface area contributed by atoms with E-state index in [1.165, 1.54) is 5.56 Å². The maximum atomic E-state index is 11.5. The Morgan fingerprint density at radius 3 is 2.00 bits per heavy atom. The molecule has 4 heteroatoms. The molecule has 0 spiro atoms. The summed E-state index contributed by atoms with van der Waals surface area (Å²) in [6.45, 7) is 2.05. The molecule has 12 heavy (non-hydrogen) atoms. The fraction of sp³-hybridized carbons (Fsp3) is 0.250. The first-order valence-corrected chi connectivity index (χ1v) is 3.38. The fourth-order valence-corrected chi connectivity index (χ4v) is 0.777. The summed E-state index contributed by atoms with van der Waals surface area (Å²) < 4.78 is 27.5. The lowest BCUT2D eigenvalue weighted by Crippen LogP contribution is -1.79. The summed E-state index contributed by atoms with van der Waals surface area (Å²) in [6.07, 6.45) is 0.965. The van der Waals surface area contributed by atoms with Crippen LogP contribution in [0, 0.1) is 0 Å². The normalized spacial score (nSPS) is 8.33. The van der Waals surface area contributed by atoms with Gasteiger partial charge in [-0.05, 0) is 24.1 Å². The first-order valence-electron chi connectivity index (χ1n) is 3.38. The van der Waals surface area contributed by atoms with Crippen LogP contribution in [0.4, 0.5) is 13.7 Å². The van der Waals surface area contributed by atoms with Gasteiger partial charge in [-0.25, -0.2) is 0 Å². The van der Waals surface area contributed by atoms with Gasteiger partial charge in [0.05, 0.1) is 0 Å². The van der Waals surface area contributed by atoms with E-state index in [1.54, 1.807) is 12.1 Å². The lowest BCUT2D eigenvalue weighted by atomic mass is 10.2. The van der Waals surface area contributed by atoms with Crippen molar-refractivity contribution < 1.29 is 18.6 Å². The van der Waals surface area contributed by atoms with Crippen molar-refractivity contribution in [1.82, 2.24) is 0 Å². The Bertz CT molecular complexity index is 175. The van der Waals surface area contributed by atoms with Crippen LogP contribution in [0.1, 0.15) is 12.5 Å². The predicted molar refractivity (Wildman–Crippen MR) is 39.8 cm³/mol. The minimum absolute atomic E-state index is 0.261. The maximum absolute atomic E-state index is 11.5. The maximum Gasteiger partial charge on any atom is 0.171 e. The number of aryl methyl sites for hydroxylation is 1. The van der Waals surface area contributed by atoms with Gasteiger partial charge in [-0.1, -0.05) is 19.1 Å². The van der Waals surface area contributed by atoms with Gasteiger partial charge in [0.2, 0.25) is 0 Å². The van der Waals surface area contributed by atoms with E-state index in [-0.39, 0.29) is 5.75 Å². The molecule has 0 aromatic heterocycles. The van der Waals surface area contributed by atoms with Gasteiger partial charge in [-0.15, -0.1) is 0 Å². The third kappa shape index (κ3) is 3.27. The van der Waals surface area contributed by atoms with Crippen LogP contribution in [0.3, 0.4) is 0 Å². The van der Waals surface area contributed by atoms with Gasteiger partial charge in [-0.2, -0.15) is 0 Å². The Morgan fingerprint density at radius 2 is 1.67 bits per heavy atom. The Labute approximate surface area is 68.5 Å². The molecule has 0 unspecified atom stereocenters. The molecule has 1 aromatic carbocycles. The highest BCUT2D eigenvalue weighted by atomic mass is 20.0. The Hall–Kier alpha value is -1.19. The second-order valence-electron chi connectivity index (χ2n) is 2.07. The number of hydrogen-bond acceptors (Lipinski definition) is 1. The van der Waals surface area contributed by atoms with Crippen molar-refractivity contribution in [3.8, 4) is 5.75 Å². The van der Waals surface area contributed by atoms with E-state index < -0.39 is 0 Å². The van der Waals surface area contributed by atoms with Crippen molar-refractivity contribution in [3.63, 3.8) is 0 Å². The van der Waals surface area contributed by atoms with Crippen LogP contribution in [-0.2, 0) is 6.42 Å². The van der Waals surface area contributed by atoms with Crippen LogP contribution in [0.25, 0.3) is 0 Å². The Morgan fingerprint density at radius 1 is 1.17 bits per heavy atom. The molecule has 0 atom stereocenters. The Kier molecular flexibility index (Phi) is 5.87. The summed E-state index contributed by atoms with van der Waals surface area (Å²) in [5, 5.41) is 0. The van der Waals surface area contributed by atoms with Gasteiger partial charge in [0, 0.05) is 13.7 Å². The monoisotopic (exact) mass is 178 g/mol. The topological polar surface area (TPSA) is 9.23 Å². The first kappa shape index (κ1) is 10.8. The molecule has 0 aliphatic heterocycles. The molecule has 0 saturated heterocycles. The average molecular weight is 178 g/mol. The molecular weight excluding hydrogens is 169 g/mol. The van der Waals surface area contributed by atoms with Gasteiger partial charge in [-0.3, -0.25) is 4.94 Å². The second kappa shape index (κ2) is 6.52. The molecule has 0 amide bonds. The summed E-state index contributed by atoms with van der Waals surface area (Å²) >= 11 is 0. The lowest BCUT2D eigenvalue weighted by Gasteiger charge is -1.95. The molecule has 1 rings (SSSR count). The van der Waals surface area contributed by atoms with Crippen LogP contribution >= 0.6 is 0 Å². The van der Waals surface area contributed by atoms with Gasteiger partial charge < -0.3 is 0 Å². The summed E-state index contributed by atoms with van der Waals surface area (Å²) in [4.78, 5) is 3.51. The van der Waals surface area contributed by atoms with Gasteiger partial charge in [0.15, 0.2) is 5.75 Å². The molecular formula is C8H9F3O. The number of benzene rings is 1. The molecule has 1 aromatic rings. The summed E-state index contributed by atoms with van der Waals surface area (Å²) in [7, 11) is 0. The van der Waals surface area contributed by atoms with Crippen LogP contribution in [-0.4, -0.2) is 0 Å².